The number of nitrogen functional groups attached to an aromatic ring is 1. The molecule has 88 valence electrons. The summed E-state index contributed by atoms with van der Waals surface area (Å²) >= 11 is 0. The number of rotatable bonds is 5. The van der Waals surface area contributed by atoms with E-state index in [9.17, 15) is 0 Å². The molecular formula is C12H15N5. The van der Waals surface area contributed by atoms with Crippen LogP contribution in [0.2, 0.25) is 0 Å². The van der Waals surface area contributed by atoms with Crippen LogP contribution < -0.4 is 16.6 Å². The Labute approximate surface area is 100 Å². The highest BCUT2D eigenvalue weighted by Gasteiger charge is 1.97. The van der Waals surface area contributed by atoms with Gasteiger partial charge in [0.1, 0.15) is 5.82 Å². The van der Waals surface area contributed by atoms with Crippen LogP contribution in [0.25, 0.3) is 0 Å². The molecule has 0 amide bonds. The SMILES string of the molecule is NNc1nccc(NCCc2ccccc2)n1. The zero-order valence-corrected chi connectivity index (χ0v) is 9.43. The maximum Gasteiger partial charge on any atom is 0.239 e. The fourth-order valence-electron chi connectivity index (χ4n) is 1.51. The maximum absolute atomic E-state index is 5.24. The number of nitrogens with zero attached hydrogens (tertiary/aromatic N) is 2. The van der Waals surface area contributed by atoms with E-state index in [0.29, 0.717) is 5.95 Å². The van der Waals surface area contributed by atoms with Crippen molar-refractivity contribution in [1.29, 1.82) is 0 Å². The molecule has 0 atom stereocenters. The Balaban J connectivity index is 1.86. The van der Waals surface area contributed by atoms with Crippen molar-refractivity contribution in [1.82, 2.24) is 9.97 Å². The van der Waals surface area contributed by atoms with Crippen LogP contribution in [-0.2, 0) is 6.42 Å². The van der Waals surface area contributed by atoms with Crippen molar-refractivity contribution in [3.63, 3.8) is 0 Å². The monoisotopic (exact) mass is 229 g/mol. The molecule has 5 nitrogen and oxygen atoms in total. The smallest absolute Gasteiger partial charge is 0.239 e. The first-order valence-electron chi connectivity index (χ1n) is 5.46. The summed E-state index contributed by atoms with van der Waals surface area (Å²) in [4.78, 5) is 8.10. The van der Waals surface area contributed by atoms with Gasteiger partial charge in [0.05, 0.1) is 0 Å². The van der Waals surface area contributed by atoms with E-state index in [4.69, 9.17) is 5.84 Å². The van der Waals surface area contributed by atoms with E-state index in [1.165, 1.54) is 5.56 Å². The molecule has 0 saturated heterocycles. The van der Waals surface area contributed by atoms with Crippen LogP contribution in [0.3, 0.4) is 0 Å². The first kappa shape index (κ1) is 11.3. The number of hydrazine groups is 1. The van der Waals surface area contributed by atoms with E-state index in [2.05, 4.69) is 32.8 Å². The lowest BCUT2D eigenvalue weighted by Gasteiger charge is -2.06. The number of nitrogens with two attached hydrogens (primary N) is 1. The first-order valence-corrected chi connectivity index (χ1v) is 5.46. The first-order chi connectivity index (χ1) is 8.38. The number of benzene rings is 1. The normalized spacial score (nSPS) is 9.94. The Morgan fingerprint density at radius 3 is 2.71 bits per heavy atom. The van der Waals surface area contributed by atoms with Crippen molar-refractivity contribution in [2.75, 3.05) is 17.3 Å². The van der Waals surface area contributed by atoms with E-state index < -0.39 is 0 Å². The molecule has 0 aliphatic rings. The fraction of sp³-hybridized carbons (Fsp3) is 0.167. The van der Waals surface area contributed by atoms with Gasteiger partial charge in [0, 0.05) is 12.7 Å². The Hall–Kier alpha value is -2.14. The minimum absolute atomic E-state index is 0.412. The van der Waals surface area contributed by atoms with Crippen molar-refractivity contribution < 1.29 is 0 Å². The molecule has 0 radical (unpaired) electrons. The van der Waals surface area contributed by atoms with Crippen LogP contribution in [-0.4, -0.2) is 16.5 Å². The van der Waals surface area contributed by atoms with Gasteiger partial charge < -0.3 is 5.32 Å². The van der Waals surface area contributed by atoms with Crippen molar-refractivity contribution in [3.05, 3.63) is 48.2 Å². The van der Waals surface area contributed by atoms with Gasteiger partial charge in [-0.1, -0.05) is 30.3 Å². The van der Waals surface area contributed by atoms with Gasteiger partial charge in [-0.15, -0.1) is 0 Å². The number of anilines is 2. The average molecular weight is 229 g/mol. The van der Waals surface area contributed by atoms with Crippen LogP contribution >= 0.6 is 0 Å². The zero-order valence-electron chi connectivity index (χ0n) is 9.43. The highest BCUT2D eigenvalue weighted by atomic mass is 15.3. The second-order valence-corrected chi connectivity index (χ2v) is 3.57. The van der Waals surface area contributed by atoms with Crippen molar-refractivity contribution in [2.45, 2.75) is 6.42 Å². The van der Waals surface area contributed by atoms with E-state index in [1.54, 1.807) is 6.20 Å². The molecule has 1 aromatic heterocycles. The van der Waals surface area contributed by atoms with Crippen LogP contribution in [0.4, 0.5) is 11.8 Å². The Kier molecular flexibility index (Phi) is 3.88. The summed E-state index contributed by atoms with van der Waals surface area (Å²) in [6, 6.07) is 12.1. The van der Waals surface area contributed by atoms with Crippen molar-refractivity contribution in [3.8, 4) is 0 Å². The summed E-state index contributed by atoms with van der Waals surface area (Å²) in [5.74, 6) is 6.41. The summed E-state index contributed by atoms with van der Waals surface area (Å²) in [6.07, 6.45) is 2.61. The second-order valence-electron chi connectivity index (χ2n) is 3.57. The van der Waals surface area contributed by atoms with E-state index in [0.717, 1.165) is 18.8 Å². The third-order valence-electron chi connectivity index (χ3n) is 2.35. The summed E-state index contributed by atoms with van der Waals surface area (Å²) < 4.78 is 0. The zero-order chi connectivity index (χ0) is 11.9. The van der Waals surface area contributed by atoms with Gasteiger partial charge in [-0.05, 0) is 18.1 Å². The summed E-state index contributed by atoms with van der Waals surface area (Å²) in [6.45, 7) is 0.824. The molecule has 1 heterocycles. The van der Waals surface area contributed by atoms with Gasteiger partial charge >= 0.3 is 0 Å². The number of aromatic nitrogens is 2. The summed E-state index contributed by atoms with van der Waals surface area (Å²) in [7, 11) is 0. The third kappa shape index (κ3) is 3.42. The minimum atomic E-state index is 0.412. The van der Waals surface area contributed by atoms with Gasteiger partial charge in [0.25, 0.3) is 0 Å². The molecular weight excluding hydrogens is 214 g/mol. The lowest BCUT2D eigenvalue weighted by molar-refractivity contribution is 0.997. The van der Waals surface area contributed by atoms with Crippen molar-refractivity contribution in [2.24, 2.45) is 5.84 Å². The Morgan fingerprint density at radius 1 is 1.12 bits per heavy atom. The molecule has 0 spiro atoms. The van der Waals surface area contributed by atoms with Gasteiger partial charge in [-0.3, -0.25) is 5.43 Å². The number of nitrogens with one attached hydrogen (secondary N) is 2. The molecule has 4 N–H and O–H groups in total. The molecule has 5 heteroatoms. The second kappa shape index (κ2) is 5.81. The predicted octanol–water partition coefficient (Wildman–Crippen LogP) is 1.42. The summed E-state index contributed by atoms with van der Waals surface area (Å²) in [5, 5.41) is 3.22. The van der Waals surface area contributed by atoms with Crippen LogP contribution in [0.15, 0.2) is 42.6 Å². The van der Waals surface area contributed by atoms with Crippen LogP contribution in [0, 0.1) is 0 Å². The highest BCUT2D eigenvalue weighted by Crippen LogP contribution is 2.05. The quantitative estimate of drug-likeness (QED) is 0.534. The van der Waals surface area contributed by atoms with Gasteiger partial charge in [0.15, 0.2) is 0 Å². The number of hydrogen-bond donors (Lipinski definition) is 3. The van der Waals surface area contributed by atoms with Crippen molar-refractivity contribution >= 4 is 11.8 Å². The highest BCUT2D eigenvalue weighted by molar-refractivity contribution is 5.38. The molecule has 17 heavy (non-hydrogen) atoms. The topological polar surface area (TPSA) is 75.9 Å². The Bertz CT molecular complexity index is 457. The molecule has 0 aliphatic carbocycles. The van der Waals surface area contributed by atoms with Crippen LogP contribution in [0.5, 0.6) is 0 Å². The molecule has 2 rings (SSSR count). The van der Waals surface area contributed by atoms with E-state index in [-0.39, 0.29) is 0 Å². The minimum Gasteiger partial charge on any atom is -0.370 e. The summed E-state index contributed by atoms with van der Waals surface area (Å²) in [5.41, 5.74) is 3.71. The molecule has 0 fully saturated rings. The molecule has 2 aromatic rings. The van der Waals surface area contributed by atoms with E-state index >= 15 is 0 Å². The van der Waals surface area contributed by atoms with Gasteiger partial charge in [0.2, 0.25) is 5.95 Å². The fourth-order valence-corrected chi connectivity index (χ4v) is 1.51. The lowest BCUT2D eigenvalue weighted by atomic mass is 10.1. The molecule has 0 saturated carbocycles. The standard InChI is InChI=1S/C12H15N5/c13-17-12-15-9-7-11(16-12)14-8-6-10-4-2-1-3-5-10/h1-5,7,9H,6,8,13H2,(H2,14,15,16,17). The molecule has 0 aliphatic heterocycles. The van der Waals surface area contributed by atoms with E-state index in [1.807, 2.05) is 24.3 Å². The average Bonchev–Trinajstić information content (AvgIpc) is 2.40. The molecule has 1 aromatic carbocycles. The molecule has 0 bridgehead atoms. The van der Waals surface area contributed by atoms with Gasteiger partial charge in [-0.25, -0.2) is 10.8 Å². The molecule has 0 unspecified atom stereocenters. The largest absolute Gasteiger partial charge is 0.370 e. The third-order valence-corrected chi connectivity index (χ3v) is 2.35. The van der Waals surface area contributed by atoms with Crippen LogP contribution in [0.1, 0.15) is 5.56 Å². The maximum atomic E-state index is 5.24. The lowest BCUT2D eigenvalue weighted by Crippen LogP contribution is -2.12. The van der Waals surface area contributed by atoms with Gasteiger partial charge in [-0.2, -0.15) is 4.98 Å². The predicted molar refractivity (Wildman–Crippen MR) is 68.5 cm³/mol. The Morgan fingerprint density at radius 2 is 1.94 bits per heavy atom. The number of hydrogen-bond acceptors (Lipinski definition) is 5.